The number of sulfonamides is 1. The Morgan fingerprint density at radius 3 is 2.67 bits per heavy atom. The number of piperidine rings is 1. The molecule has 1 aliphatic rings. The van der Waals surface area contributed by atoms with Crippen LogP contribution in [0.4, 0.5) is 0 Å². The smallest absolute Gasteiger partial charge is 0.214 e. The molecule has 90 valence electrons. The summed E-state index contributed by atoms with van der Waals surface area (Å²) in [7, 11) is -3.14. The van der Waals surface area contributed by atoms with Crippen LogP contribution in [0.25, 0.3) is 0 Å². The van der Waals surface area contributed by atoms with Crippen molar-refractivity contribution >= 4 is 10.0 Å². The average Bonchev–Trinajstić information content (AvgIpc) is 2.15. The van der Waals surface area contributed by atoms with Gasteiger partial charge in [-0.05, 0) is 25.2 Å². The van der Waals surface area contributed by atoms with Crippen molar-refractivity contribution in [2.75, 3.05) is 18.8 Å². The Kier molecular flexibility index (Phi) is 4.55. The van der Waals surface area contributed by atoms with E-state index in [0.717, 1.165) is 12.8 Å². The predicted octanol–water partition coefficient (Wildman–Crippen LogP) is 0.819. The molecule has 0 amide bonds. The molecule has 0 aromatic rings. The minimum atomic E-state index is -3.14. The highest BCUT2D eigenvalue weighted by atomic mass is 32.2. The molecule has 1 rings (SSSR count). The molecule has 0 aromatic carbocycles. The zero-order chi connectivity index (χ0) is 11.5. The lowest BCUT2D eigenvalue weighted by molar-refractivity contribution is 0.108. The van der Waals surface area contributed by atoms with Gasteiger partial charge in [-0.2, -0.15) is 4.31 Å². The minimum absolute atomic E-state index is 0.206. The summed E-state index contributed by atoms with van der Waals surface area (Å²) >= 11 is 0. The summed E-state index contributed by atoms with van der Waals surface area (Å²) in [5, 5.41) is 9.41. The third-order valence-electron chi connectivity index (χ3n) is 2.71. The summed E-state index contributed by atoms with van der Waals surface area (Å²) in [5.41, 5.74) is 0. The van der Waals surface area contributed by atoms with E-state index in [-0.39, 0.29) is 12.3 Å². The van der Waals surface area contributed by atoms with E-state index >= 15 is 0 Å². The summed E-state index contributed by atoms with van der Waals surface area (Å²) in [6, 6.07) is 0. The monoisotopic (exact) mass is 235 g/mol. The van der Waals surface area contributed by atoms with Crippen LogP contribution in [0.3, 0.4) is 0 Å². The van der Waals surface area contributed by atoms with Gasteiger partial charge in [-0.25, -0.2) is 8.42 Å². The molecule has 0 aliphatic carbocycles. The molecule has 1 fully saturated rings. The van der Waals surface area contributed by atoms with Gasteiger partial charge in [-0.3, -0.25) is 0 Å². The van der Waals surface area contributed by atoms with E-state index in [2.05, 4.69) is 0 Å². The Labute approximate surface area is 92.3 Å². The van der Waals surface area contributed by atoms with Gasteiger partial charge in [0.25, 0.3) is 0 Å². The fourth-order valence-corrected chi connectivity index (χ4v) is 3.52. The number of β-amino-alcohol motifs (C(OH)–C–C–N with tert-alkyl or cyclic N) is 1. The molecule has 1 unspecified atom stereocenters. The molecule has 5 heteroatoms. The number of hydrogen-bond acceptors (Lipinski definition) is 3. The second kappa shape index (κ2) is 5.27. The average molecular weight is 235 g/mol. The number of aliphatic hydroxyl groups excluding tert-OH is 1. The van der Waals surface area contributed by atoms with E-state index < -0.39 is 16.1 Å². The number of hydrogen-bond donors (Lipinski definition) is 1. The Balaban J connectivity index is 2.52. The molecule has 0 radical (unpaired) electrons. The van der Waals surface area contributed by atoms with E-state index in [1.165, 1.54) is 4.31 Å². The highest BCUT2D eigenvalue weighted by molar-refractivity contribution is 7.89. The highest BCUT2D eigenvalue weighted by Crippen LogP contribution is 2.15. The SMILES string of the molecule is CC(C)CCS(=O)(=O)N1CCCC(O)C1. The van der Waals surface area contributed by atoms with Crippen molar-refractivity contribution in [1.82, 2.24) is 4.31 Å². The standard InChI is InChI=1S/C10H21NO3S/c1-9(2)5-7-15(13,14)11-6-3-4-10(12)8-11/h9-10,12H,3-8H2,1-2H3. The van der Waals surface area contributed by atoms with Crippen LogP contribution in [0.5, 0.6) is 0 Å². The second-order valence-electron chi connectivity index (χ2n) is 4.65. The molecule has 1 saturated heterocycles. The molecule has 1 aliphatic heterocycles. The van der Waals surface area contributed by atoms with Crippen molar-refractivity contribution in [3.05, 3.63) is 0 Å². The van der Waals surface area contributed by atoms with Crippen molar-refractivity contribution in [3.63, 3.8) is 0 Å². The van der Waals surface area contributed by atoms with Crippen LogP contribution in [0.15, 0.2) is 0 Å². The predicted molar refractivity (Wildman–Crippen MR) is 60.1 cm³/mol. The van der Waals surface area contributed by atoms with Crippen molar-refractivity contribution in [1.29, 1.82) is 0 Å². The fourth-order valence-electron chi connectivity index (χ4n) is 1.69. The maximum absolute atomic E-state index is 11.9. The normalized spacial score (nSPS) is 24.7. The van der Waals surface area contributed by atoms with E-state index in [1.807, 2.05) is 13.8 Å². The molecule has 1 heterocycles. The molecular weight excluding hydrogens is 214 g/mol. The Morgan fingerprint density at radius 2 is 2.13 bits per heavy atom. The summed E-state index contributed by atoms with van der Waals surface area (Å²) in [4.78, 5) is 0. The summed E-state index contributed by atoms with van der Waals surface area (Å²) in [6.45, 7) is 4.87. The van der Waals surface area contributed by atoms with Gasteiger partial charge in [0.05, 0.1) is 11.9 Å². The maximum atomic E-state index is 11.9. The summed E-state index contributed by atoms with van der Waals surface area (Å²) in [6.07, 6.45) is 1.69. The zero-order valence-corrected chi connectivity index (χ0v) is 10.3. The zero-order valence-electron chi connectivity index (χ0n) is 9.52. The molecule has 1 N–H and O–H groups in total. The van der Waals surface area contributed by atoms with Gasteiger partial charge in [-0.1, -0.05) is 13.8 Å². The van der Waals surface area contributed by atoms with Crippen LogP contribution >= 0.6 is 0 Å². The fraction of sp³-hybridized carbons (Fsp3) is 1.00. The van der Waals surface area contributed by atoms with Crippen LogP contribution in [0.1, 0.15) is 33.1 Å². The maximum Gasteiger partial charge on any atom is 0.214 e. The van der Waals surface area contributed by atoms with E-state index in [9.17, 15) is 13.5 Å². The van der Waals surface area contributed by atoms with Gasteiger partial charge < -0.3 is 5.11 Å². The van der Waals surface area contributed by atoms with Crippen LogP contribution < -0.4 is 0 Å². The van der Waals surface area contributed by atoms with Crippen molar-refractivity contribution in [2.24, 2.45) is 5.92 Å². The molecule has 0 bridgehead atoms. The third kappa shape index (κ3) is 4.09. The van der Waals surface area contributed by atoms with Gasteiger partial charge in [0.1, 0.15) is 0 Å². The molecule has 0 aromatic heterocycles. The van der Waals surface area contributed by atoms with Crippen LogP contribution in [-0.2, 0) is 10.0 Å². The van der Waals surface area contributed by atoms with Gasteiger partial charge in [-0.15, -0.1) is 0 Å². The number of rotatable bonds is 4. The molecule has 0 saturated carbocycles. The Hall–Kier alpha value is -0.130. The lowest BCUT2D eigenvalue weighted by Crippen LogP contribution is -2.43. The minimum Gasteiger partial charge on any atom is -0.392 e. The molecule has 15 heavy (non-hydrogen) atoms. The van der Waals surface area contributed by atoms with Crippen molar-refractivity contribution in [3.8, 4) is 0 Å². The van der Waals surface area contributed by atoms with Gasteiger partial charge in [0.2, 0.25) is 10.0 Å². The molecule has 1 atom stereocenters. The van der Waals surface area contributed by atoms with Gasteiger partial charge >= 0.3 is 0 Å². The first kappa shape index (κ1) is 12.9. The third-order valence-corrected chi connectivity index (χ3v) is 4.58. The topological polar surface area (TPSA) is 57.6 Å². The van der Waals surface area contributed by atoms with E-state index in [1.54, 1.807) is 0 Å². The van der Waals surface area contributed by atoms with Gasteiger partial charge in [0.15, 0.2) is 0 Å². The first-order valence-electron chi connectivity index (χ1n) is 5.57. The van der Waals surface area contributed by atoms with Crippen LogP contribution in [0.2, 0.25) is 0 Å². The quantitative estimate of drug-likeness (QED) is 0.785. The Morgan fingerprint density at radius 1 is 1.47 bits per heavy atom. The summed E-state index contributed by atoms with van der Waals surface area (Å²) < 4.78 is 25.1. The van der Waals surface area contributed by atoms with Gasteiger partial charge in [0, 0.05) is 13.1 Å². The molecule has 4 nitrogen and oxygen atoms in total. The van der Waals surface area contributed by atoms with Crippen molar-refractivity contribution < 1.29 is 13.5 Å². The Bertz CT molecular complexity index is 287. The highest BCUT2D eigenvalue weighted by Gasteiger charge is 2.27. The lowest BCUT2D eigenvalue weighted by atomic mass is 10.1. The molecule has 0 spiro atoms. The summed E-state index contributed by atoms with van der Waals surface area (Å²) in [5.74, 6) is 0.603. The van der Waals surface area contributed by atoms with Crippen LogP contribution in [0, 0.1) is 5.92 Å². The number of nitrogens with zero attached hydrogens (tertiary/aromatic N) is 1. The molecular formula is C10H21NO3S. The first-order chi connectivity index (χ1) is 6.92. The van der Waals surface area contributed by atoms with E-state index in [4.69, 9.17) is 0 Å². The van der Waals surface area contributed by atoms with Crippen molar-refractivity contribution in [2.45, 2.75) is 39.2 Å². The number of aliphatic hydroxyl groups is 1. The van der Waals surface area contributed by atoms with E-state index in [0.29, 0.717) is 18.9 Å². The second-order valence-corrected chi connectivity index (χ2v) is 6.74. The van der Waals surface area contributed by atoms with Crippen LogP contribution in [-0.4, -0.2) is 42.8 Å². The first-order valence-corrected chi connectivity index (χ1v) is 7.18. The lowest BCUT2D eigenvalue weighted by Gasteiger charge is -2.29. The largest absolute Gasteiger partial charge is 0.392 e.